The summed E-state index contributed by atoms with van der Waals surface area (Å²) in [5.74, 6) is -0.236. The van der Waals surface area contributed by atoms with E-state index in [1.54, 1.807) is 12.1 Å². The zero-order valence-electron chi connectivity index (χ0n) is 14.4. The Kier molecular flexibility index (Phi) is 5.76. The third kappa shape index (κ3) is 4.77. The smallest absolute Gasteiger partial charge is 0.248 e. The van der Waals surface area contributed by atoms with E-state index in [0.29, 0.717) is 17.2 Å². The molecule has 2 amide bonds. The summed E-state index contributed by atoms with van der Waals surface area (Å²) in [6.45, 7) is 1.96. The van der Waals surface area contributed by atoms with Crippen molar-refractivity contribution >= 4 is 50.3 Å². The molecule has 6 heteroatoms. The molecule has 26 heavy (non-hydrogen) atoms. The Morgan fingerprint density at radius 1 is 1.12 bits per heavy atom. The molecule has 0 saturated heterocycles. The van der Waals surface area contributed by atoms with Crippen LogP contribution in [0, 0.1) is 0 Å². The Balaban J connectivity index is 1.67. The van der Waals surface area contributed by atoms with Crippen LogP contribution in [0.2, 0.25) is 0 Å². The lowest BCUT2D eigenvalue weighted by Crippen LogP contribution is -2.09. The Bertz CT molecular complexity index is 948. The summed E-state index contributed by atoms with van der Waals surface area (Å²) in [6, 6.07) is 15.1. The second-order valence-electron chi connectivity index (χ2n) is 5.73. The Hall–Kier alpha value is -2.99. The summed E-state index contributed by atoms with van der Waals surface area (Å²) >= 11 is 1.39. The fourth-order valence-corrected chi connectivity index (χ4v) is 3.31. The van der Waals surface area contributed by atoms with Gasteiger partial charge in [-0.05, 0) is 36.3 Å². The van der Waals surface area contributed by atoms with Crippen LogP contribution in [0.25, 0.3) is 16.3 Å². The van der Waals surface area contributed by atoms with Crippen LogP contribution >= 0.6 is 11.3 Å². The van der Waals surface area contributed by atoms with Crippen LogP contribution in [0.15, 0.2) is 54.6 Å². The molecule has 3 rings (SSSR count). The van der Waals surface area contributed by atoms with Crippen molar-refractivity contribution < 1.29 is 9.59 Å². The first-order chi connectivity index (χ1) is 12.6. The highest BCUT2D eigenvalue weighted by molar-refractivity contribution is 7.22. The lowest BCUT2D eigenvalue weighted by atomic mass is 10.2. The predicted octanol–water partition coefficient (Wildman–Crippen LogP) is 4.69. The van der Waals surface area contributed by atoms with Crippen molar-refractivity contribution in [1.29, 1.82) is 0 Å². The molecule has 132 valence electrons. The molecule has 3 aromatic rings. The maximum atomic E-state index is 12.1. The molecular weight excluding hydrogens is 346 g/mol. The summed E-state index contributed by atoms with van der Waals surface area (Å²) in [4.78, 5) is 28.1. The van der Waals surface area contributed by atoms with E-state index in [1.807, 2.05) is 49.4 Å². The molecule has 0 atom stereocenters. The fraction of sp³-hybridized carbons (Fsp3) is 0.150. The molecule has 1 aromatic heterocycles. The summed E-state index contributed by atoms with van der Waals surface area (Å²) in [5, 5.41) is 6.22. The van der Waals surface area contributed by atoms with E-state index in [0.717, 1.165) is 22.2 Å². The predicted molar refractivity (Wildman–Crippen MR) is 107 cm³/mol. The van der Waals surface area contributed by atoms with E-state index in [-0.39, 0.29) is 11.8 Å². The van der Waals surface area contributed by atoms with E-state index < -0.39 is 0 Å². The number of rotatable bonds is 6. The van der Waals surface area contributed by atoms with Gasteiger partial charge in [-0.25, -0.2) is 4.98 Å². The highest BCUT2D eigenvalue weighted by atomic mass is 32.1. The number of carbonyl (C=O) groups excluding carboxylic acids is 2. The lowest BCUT2D eigenvalue weighted by molar-refractivity contribution is -0.116. The topological polar surface area (TPSA) is 71.1 Å². The molecule has 0 radical (unpaired) electrons. The Morgan fingerprint density at radius 3 is 2.69 bits per heavy atom. The Labute approximate surface area is 155 Å². The number of hydrogen-bond acceptors (Lipinski definition) is 4. The van der Waals surface area contributed by atoms with Crippen LogP contribution < -0.4 is 10.6 Å². The number of thiazole rings is 1. The quantitative estimate of drug-likeness (QED) is 0.623. The van der Waals surface area contributed by atoms with Gasteiger partial charge in [-0.2, -0.15) is 0 Å². The van der Waals surface area contributed by atoms with Crippen LogP contribution in [0.1, 0.15) is 25.3 Å². The summed E-state index contributed by atoms with van der Waals surface area (Å²) in [5.41, 5.74) is 2.45. The molecule has 0 bridgehead atoms. The standard InChI is InChI=1S/C20H19N3O2S/c1-2-6-18(24)23-20-22-16-11-10-15(13-17(16)26-20)21-19(25)12-9-14-7-4-3-5-8-14/h3-5,7-13H,2,6H2,1H3,(H,21,25)(H,22,23,24)/b12-9+. The number of carbonyl (C=O) groups is 2. The Morgan fingerprint density at radius 2 is 1.92 bits per heavy atom. The first kappa shape index (κ1) is 17.8. The van der Waals surface area contributed by atoms with Gasteiger partial charge in [-0.1, -0.05) is 48.6 Å². The molecule has 2 N–H and O–H groups in total. The molecule has 0 aliphatic heterocycles. The fourth-order valence-electron chi connectivity index (χ4n) is 2.38. The second-order valence-corrected chi connectivity index (χ2v) is 6.76. The molecule has 0 aliphatic rings. The molecule has 2 aromatic carbocycles. The number of nitrogens with zero attached hydrogens (tertiary/aromatic N) is 1. The number of nitrogens with one attached hydrogen (secondary N) is 2. The van der Waals surface area contributed by atoms with Crippen LogP contribution in [0.4, 0.5) is 10.8 Å². The third-order valence-electron chi connectivity index (χ3n) is 3.61. The monoisotopic (exact) mass is 365 g/mol. The lowest BCUT2D eigenvalue weighted by Gasteiger charge is -2.01. The highest BCUT2D eigenvalue weighted by Crippen LogP contribution is 2.28. The molecule has 0 aliphatic carbocycles. The molecule has 0 unspecified atom stereocenters. The molecule has 0 fully saturated rings. The average Bonchev–Trinajstić information content (AvgIpc) is 3.02. The van der Waals surface area contributed by atoms with Crippen LogP contribution in [-0.2, 0) is 9.59 Å². The van der Waals surface area contributed by atoms with E-state index in [1.165, 1.54) is 17.4 Å². The number of benzene rings is 2. The largest absolute Gasteiger partial charge is 0.322 e. The minimum atomic E-state index is -0.200. The maximum Gasteiger partial charge on any atom is 0.248 e. The number of anilines is 2. The van der Waals surface area contributed by atoms with Crippen LogP contribution in [-0.4, -0.2) is 16.8 Å². The van der Waals surface area contributed by atoms with Crippen molar-refractivity contribution in [2.24, 2.45) is 0 Å². The van der Waals surface area contributed by atoms with E-state index in [2.05, 4.69) is 15.6 Å². The van der Waals surface area contributed by atoms with Crippen molar-refractivity contribution in [2.45, 2.75) is 19.8 Å². The van der Waals surface area contributed by atoms with Crippen LogP contribution in [0.3, 0.4) is 0 Å². The third-order valence-corrected chi connectivity index (χ3v) is 4.54. The van der Waals surface area contributed by atoms with Gasteiger partial charge >= 0.3 is 0 Å². The minimum Gasteiger partial charge on any atom is -0.322 e. The van der Waals surface area contributed by atoms with Crippen molar-refractivity contribution in [3.05, 3.63) is 60.2 Å². The zero-order chi connectivity index (χ0) is 18.4. The van der Waals surface area contributed by atoms with Gasteiger partial charge in [0.2, 0.25) is 11.8 Å². The molecular formula is C20H19N3O2S. The molecule has 0 saturated carbocycles. The average molecular weight is 365 g/mol. The first-order valence-corrected chi connectivity index (χ1v) is 9.20. The van der Waals surface area contributed by atoms with Crippen LogP contribution in [0.5, 0.6) is 0 Å². The summed E-state index contributed by atoms with van der Waals surface area (Å²) in [6.07, 6.45) is 4.54. The van der Waals surface area contributed by atoms with Gasteiger partial charge in [-0.3, -0.25) is 9.59 Å². The van der Waals surface area contributed by atoms with Gasteiger partial charge in [0, 0.05) is 18.2 Å². The van der Waals surface area contributed by atoms with Gasteiger partial charge in [0.05, 0.1) is 10.2 Å². The van der Waals surface area contributed by atoms with E-state index >= 15 is 0 Å². The van der Waals surface area contributed by atoms with Gasteiger partial charge in [-0.15, -0.1) is 0 Å². The first-order valence-electron chi connectivity index (χ1n) is 8.38. The normalized spacial score (nSPS) is 11.0. The SMILES string of the molecule is CCCC(=O)Nc1nc2ccc(NC(=O)/C=C/c3ccccc3)cc2s1. The molecule has 0 spiro atoms. The number of fused-ring (bicyclic) bond motifs is 1. The summed E-state index contributed by atoms with van der Waals surface area (Å²) in [7, 11) is 0. The van der Waals surface area contributed by atoms with Gasteiger partial charge in [0.1, 0.15) is 0 Å². The van der Waals surface area contributed by atoms with Gasteiger partial charge in [0.15, 0.2) is 5.13 Å². The molecule has 5 nitrogen and oxygen atoms in total. The van der Waals surface area contributed by atoms with Gasteiger partial charge < -0.3 is 10.6 Å². The summed E-state index contributed by atoms with van der Waals surface area (Å²) < 4.78 is 0.904. The van der Waals surface area contributed by atoms with Crippen molar-refractivity contribution in [3.8, 4) is 0 Å². The van der Waals surface area contributed by atoms with E-state index in [9.17, 15) is 9.59 Å². The highest BCUT2D eigenvalue weighted by Gasteiger charge is 2.08. The maximum absolute atomic E-state index is 12.1. The van der Waals surface area contributed by atoms with Crippen molar-refractivity contribution in [1.82, 2.24) is 4.98 Å². The molecule has 1 heterocycles. The number of hydrogen-bond donors (Lipinski definition) is 2. The minimum absolute atomic E-state index is 0.0360. The number of amides is 2. The van der Waals surface area contributed by atoms with Crippen molar-refractivity contribution in [3.63, 3.8) is 0 Å². The zero-order valence-corrected chi connectivity index (χ0v) is 15.2. The van der Waals surface area contributed by atoms with Crippen molar-refractivity contribution in [2.75, 3.05) is 10.6 Å². The van der Waals surface area contributed by atoms with Gasteiger partial charge in [0.25, 0.3) is 0 Å². The second kappa shape index (κ2) is 8.40. The number of aromatic nitrogens is 1. The van der Waals surface area contributed by atoms with E-state index in [4.69, 9.17) is 0 Å².